The van der Waals surface area contributed by atoms with Crippen molar-refractivity contribution in [1.82, 2.24) is 9.21 Å². The van der Waals surface area contributed by atoms with Crippen molar-refractivity contribution in [2.45, 2.75) is 42.7 Å². The summed E-state index contributed by atoms with van der Waals surface area (Å²) in [4.78, 5) is 14.6. The summed E-state index contributed by atoms with van der Waals surface area (Å²) >= 11 is 6.02. The Morgan fingerprint density at radius 3 is 2.32 bits per heavy atom. The lowest BCUT2D eigenvalue weighted by atomic mass is 10.0. The van der Waals surface area contributed by atoms with Gasteiger partial charge in [0.1, 0.15) is 5.82 Å². The highest BCUT2D eigenvalue weighted by Gasteiger charge is 2.43. The highest BCUT2D eigenvalue weighted by atomic mass is 35.5. The molecule has 2 aliphatic rings. The third kappa shape index (κ3) is 5.44. The fourth-order valence-electron chi connectivity index (χ4n) is 4.04. The molecule has 4 rings (SSSR count). The monoisotopic (exact) mass is 465 g/mol. The second-order valence-corrected chi connectivity index (χ2v) is 10.4. The molecule has 0 bridgehead atoms. The van der Waals surface area contributed by atoms with Crippen molar-refractivity contribution in [3.05, 3.63) is 59.4 Å². The van der Waals surface area contributed by atoms with Crippen LogP contribution in [0.1, 0.15) is 25.7 Å². The van der Waals surface area contributed by atoms with E-state index in [1.165, 1.54) is 30.3 Å². The number of nitrogens with zero attached hydrogens (tertiary/aromatic N) is 2. The minimum absolute atomic E-state index is 0.0438. The van der Waals surface area contributed by atoms with Gasteiger partial charge in [0.25, 0.3) is 0 Å². The van der Waals surface area contributed by atoms with E-state index in [0.717, 1.165) is 12.8 Å². The van der Waals surface area contributed by atoms with Crippen LogP contribution in [0.2, 0.25) is 5.02 Å². The molecule has 1 N–H and O–H groups in total. The number of amides is 1. The van der Waals surface area contributed by atoms with Crippen LogP contribution in [0, 0.1) is 5.82 Å². The zero-order valence-corrected chi connectivity index (χ0v) is 18.6. The Balaban J connectivity index is 1.36. The second kappa shape index (κ2) is 9.24. The number of hydrogen-bond acceptors (Lipinski definition) is 4. The molecule has 0 aromatic heterocycles. The number of piperidine rings is 1. The molecule has 1 saturated carbocycles. The molecule has 1 saturated heterocycles. The number of anilines is 1. The number of likely N-dealkylation sites (tertiary alicyclic amines) is 1. The normalized spacial score (nSPS) is 18.3. The molecule has 1 aliphatic carbocycles. The van der Waals surface area contributed by atoms with E-state index in [9.17, 15) is 17.6 Å². The van der Waals surface area contributed by atoms with E-state index in [2.05, 4.69) is 5.32 Å². The van der Waals surface area contributed by atoms with Crippen molar-refractivity contribution in [1.29, 1.82) is 0 Å². The smallest absolute Gasteiger partial charge is 0.243 e. The summed E-state index contributed by atoms with van der Waals surface area (Å²) in [6, 6.07) is 12.0. The topological polar surface area (TPSA) is 69.7 Å². The van der Waals surface area contributed by atoms with Crippen LogP contribution in [0.15, 0.2) is 53.4 Å². The number of nitrogens with one attached hydrogen (secondary N) is 1. The lowest BCUT2D eigenvalue weighted by molar-refractivity contribution is -0.117. The number of rotatable bonds is 7. The Morgan fingerprint density at radius 1 is 1.06 bits per heavy atom. The predicted octanol–water partition coefficient (Wildman–Crippen LogP) is 3.74. The first kappa shape index (κ1) is 22.2. The zero-order chi connectivity index (χ0) is 22.0. The van der Waals surface area contributed by atoms with Gasteiger partial charge in [-0.25, -0.2) is 12.8 Å². The highest BCUT2D eigenvalue weighted by Crippen LogP contribution is 2.37. The lowest BCUT2D eigenvalue weighted by Crippen LogP contribution is -2.49. The van der Waals surface area contributed by atoms with Crippen LogP contribution in [0.5, 0.6) is 0 Å². The number of halogens is 2. The number of benzene rings is 2. The van der Waals surface area contributed by atoms with Crippen LogP contribution in [-0.4, -0.2) is 55.2 Å². The third-order valence-electron chi connectivity index (χ3n) is 5.69. The molecular weight excluding hydrogens is 441 g/mol. The van der Waals surface area contributed by atoms with Crippen molar-refractivity contribution >= 4 is 33.2 Å². The van der Waals surface area contributed by atoms with E-state index in [1.54, 1.807) is 22.5 Å². The number of hydrogen-bond donors (Lipinski definition) is 1. The molecule has 0 radical (unpaired) electrons. The van der Waals surface area contributed by atoms with Gasteiger partial charge < -0.3 is 5.32 Å². The van der Waals surface area contributed by atoms with Gasteiger partial charge in [0.15, 0.2) is 0 Å². The molecule has 1 aliphatic heterocycles. The first-order valence-corrected chi connectivity index (χ1v) is 12.2. The van der Waals surface area contributed by atoms with Gasteiger partial charge in [0.05, 0.1) is 11.4 Å². The van der Waals surface area contributed by atoms with Crippen LogP contribution >= 0.6 is 11.6 Å². The van der Waals surface area contributed by atoms with Gasteiger partial charge in [-0.15, -0.1) is 0 Å². The summed E-state index contributed by atoms with van der Waals surface area (Å²) in [7, 11) is -3.62. The first-order valence-electron chi connectivity index (χ1n) is 10.4. The van der Waals surface area contributed by atoms with Gasteiger partial charge in [-0.2, -0.15) is 4.31 Å². The molecular formula is C22H25ClFN3O3S. The molecule has 166 valence electrons. The van der Waals surface area contributed by atoms with Gasteiger partial charge in [0, 0.05) is 35.9 Å². The van der Waals surface area contributed by atoms with Gasteiger partial charge in [-0.05, 0) is 68.1 Å². The van der Waals surface area contributed by atoms with E-state index in [-0.39, 0.29) is 35.2 Å². The molecule has 2 aromatic rings. The van der Waals surface area contributed by atoms with E-state index in [0.29, 0.717) is 36.6 Å². The van der Waals surface area contributed by atoms with Crippen molar-refractivity contribution in [2.75, 3.05) is 25.0 Å². The van der Waals surface area contributed by atoms with Crippen LogP contribution in [-0.2, 0) is 14.8 Å². The van der Waals surface area contributed by atoms with Gasteiger partial charge >= 0.3 is 0 Å². The molecule has 6 nitrogen and oxygen atoms in total. The van der Waals surface area contributed by atoms with Crippen LogP contribution in [0.25, 0.3) is 0 Å². The largest absolute Gasteiger partial charge is 0.325 e. The summed E-state index contributed by atoms with van der Waals surface area (Å²) in [5, 5.41) is 3.17. The van der Waals surface area contributed by atoms with Crippen molar-refractivity contribution in [3.8, 4) is 0 Å². The van der Waals surface area contributed by atoms with E-state index in [1.807, 2.05) is 4.90 Å². The summed E-state index contributed by atoms with van der Waals surface area (Å²) in [5.74, 6) is -0.524. The molecule has 9 heteroatoms. The van der Waals surface area contributed by atoms with Gasteiger partial charge in [0.2, 0.25) is 15.9 Å². The van der Waals surface area contributed by atoms with Crippen molar-refractivity contribution in [2.24, 2.45) is 0 Å². The third-order valence-corrected chi connectivity index (χ3v) is 7.93. The zero-order valence-electron chi connectivity index (χ0n) is 17.0. The SMILES string of the molecule is O=C(CN1CCC(N(C2CC2)S(=O)(=O)c2cccc(Cl)c2)CC1)Nc1ccc(F)cc1. The first-order chi connectivity index (χ1) is 14.8. The Labute approximate surface area is 187 Å². The van der Waals surface area contributed by atoms with Crippen LogP contribution in [0.3, 0.4) is 0 Å². The Hall–Kier alpha value is -2.00. The average molecular weight is 466 g/mol. The van der Waals surface area contributed by atoms with E-state index in [4.69, 9.17) is 11.6 Å². The molecule has 31 heavy (non-hydrogen) atoms. The summed E-state index contributed by atoms with van der Waals surface area (Å²) < 4.78 is 41.3. The van der Waals surface area contributed by atoms with Crippen LogP contribution in [0.4, 0.5) is 10.1 Å². The average Bonchev–Trinajstić information content (AvgIpc) is 3.56. The summed E-state index contributed by atoms with van der Waals surface area (Å²) in [5.41, 5.74) is 0.550. The Bertz CT molecular complexity index is 1040. The fraction of sp³-hybridized carbons (Fsp3) is 0.409. The molecule has 0 spiro atoms. The number of sulfonamides is 1. The molecule has 2 fully saturated rings. The predicted molar refractivity (Wildman–Crippen MR) is 118 cm³/mol. The molecule has 1 amide bonds. The minimum atomic E-state index is -3.62. The highest BCUT2D eigenvalue weighted by molar-refractivity contribution is 7.89. The van der Waals surface area contributed by atoms with E-state index >= 15 is 0 Å². The number of carbonyl (C=O) groups is 1. The molecule has 1 heterocycles. The maximum Gasteiger partial charge on any atom is 0.243 e. The molecule has 0 unspecified atom stereocenters. The number of carbonyl (C=O) groups excluding carboxylic acids is 1. The quantitative estimate of drug-likeness (QED) is 0.676. The summed E-state index contributed by atoms with van der Waals surface area (Å²) in [6.07, 6.45) is 3.08. The second-order valence-electron chi connectivity index (χ2n) is 8.09. The standard InChI is InChI=1S/C22H25ClFN3O3S/c23-16-2-1-3-21(14-16)31(29,30)27(19-8-9-19)20-10-12-26(13-11-20)15-22(28)25-18-6-4-17(24)5-7-18/h1-7,14,19-20H,8-13,15H2,(H,25,28). The van der Waals surface area contributed by atoms with Crippen LogP contribution < -0.4 is 5.32 Å². The van der Waals surface area contributed by atoms with Gasteiger partial charge in [-0.3, -0.25) is 9.69 Å². The van der Waals surface area contributed by atoms with Crippen molar-refractivity contribution < 1.29 is 17.6 Å². The Morgan fingerprint density at radius 2 is 1.71 bits per heavy atom. The summed E-state index contributed by atoms with van der Waals surface area (Å²) in [6.45, 7) is 1.49. The fourth-order valence-corrected chi connectivity index (χ4v) is 6.27. The minimum Gasteiger partial charge on any atom is -0.325 e. The van der Waals surface area contributed by atoms with E-state index < -0.39 is 10.0 Å². The lowest BCUT2D eigenvalue weighted by Gasteiger charge is -2.37. The van der Waals surface area contributed by atoms with Gasteiger partial charge in [-0.1, -0.05) is 17.7 Å². The molecule has 0 atom stereocenters. The maximum absolute atomic E-state index is 13.3. The molecule has 2 aromatic carbocycles. The van der Waals surface area contributed by atoms with Crippen molar-refractivity contribution in [3.63, 3.8) is 0 Å². The Kier molecular flexibility index (Phi) is 6.62. The maximum atomic E-state index is 13.3.